The molecule has 2 rings (SSSR count). The van der Waals surface area contributed by atoms with Gasteiger partial charge in [-0.25, -0.2) is 0 Å². The second-order valence-electron chi connectivity index (χ2n) is 4.12. The van der Waals surface area contributed by atoms with Crippen LogP contribution in [0.1, 0.15) is 28.9 Å². The fourth-order valence-corrected chi connectivity index (χ4v) is 1.56. The molecule has 0 radical (unpaired) electrons. The third-order valence-electron chi connectivity index (χ3n) is 2.67. The van der Waals surface area contributed by atoms with E-state index in [0.29, 0.717) is 18.2 Å². The fourth-order valence-electron chi connectivity index (χ4n) is 1.56. The molecule has 16 heavy (non-hydrogen) atoms. The SMILES string of the molecule is Cc1ncccc1C(=O)NCCNC1CC1. The van der Waals surface area contributed by atoms with E-state index >= 15 is 0 Å². The molecule has 1 fully saturated rings. The van der Waals surface area contributed by atoms with E-state index in [2.05, 4.69) is 15.6 Å². The molecule has 1 heterocycles. The molecule has 1 amide bonds. The van der Waals surface area contributed by atoms with E-state index in [-0.39, 0.29) is 5.91 Å². The summed E-state index contributed by atoms with van der Waals surface area (Å²) in [5, 5.41) is 6.23. The highest BCUT2D eigenvalue weighted by molar-refractivity contribution is 5.95. The summed E-state index contributed by atoms with van der Waals surface area (Å²) in [6, 6.07) is 4.27. The molecule has 4 nitrogen and oxygen atoms in total. The van der Waals surface area contributed by atoms with Crippen molar-refractivity contribution in [3.63, 3.8) is 0 Å². The molecule has 1 aromatic heterocycles. The van der Waals surface area contributed by atoms with Gasteiger partial charge in [-0.15, -0.1) is 0 Å². The fraction of sp³-hybridized carbons (Fsp3) is 0.500. The summed E-state index contributed by atoms with van der Waals surface area (Å²) in [5.74, 6) is -0.0387. The maximum Gasteiger partial charge on any atom is 0.253 e. The summed E-state index contributed by atoms with van der Waals surface area (Å²) >= 11 is 0. The summed E-state index contributed by atoms with van der Waals surface area (Å²) < 4.78 is 0. The number of carbonyl (C=O) groups excluding carboxylic acids is 1. The van der Waals surface area contributed by atoms with Crippen LogP contribution in [0, 0.1) is 6.92 Å². The summed E-state index contributed by atoms with van der Waals surface area (Å²) in [5.41, 5.74) is 1.43. The van der Waals surface area contributed by atoms with Crippen molar-refractivity contribution >= 4 is 5.91 Å². The molecule has 0 aliphatic heterocycles. The molecular formula is C12H17N3O. The molecule has 0 aromatic carbocycles. The molecule has 1 aliphatic carbocycles. The van der Waals surface area contributed by atoms with E-state index in [0.717, 1.165) is 12.2 Å². The Morgan fingerprint density at radius 1 is 1.50 bits per heavy atom. The van der Waals surface area contributed by atoms with Crippen LogP contribution in [0.2, 0.25) is 0 Å². The molecule has 1 aromatic rings. The molecule has 86 valence electrons. The Morgan fingerprint density at radius 3 is 3.00 bits per heavy atom. The van der Waals surface area contributed by atoms with Gasteiger partial charge in [0.15, 0.2) is 0 Å². The number of nitrogens with zero attached hydrogens (tertiary/aromatic N) is 1. The van der Waals surface area contributed by atoms with Crippen molar-refractivity contribution in [2.45, 2.75) is 25.8 Å². The van der Waals surface area contributed by atoms with Gasteiger partial charge >= 0.3 is 0 Å². The van der Waals surface area contributed by atoms with Crippen molar-refractivity contribution in [1.29, 1.82) is 0 Å². The highest BCUT2D eigenvalue weighted by Crippen LogP contribution is 2.17. The van der Waals surface area contributed by atoms with Gasteiger partial charge in [0.05, 0.1) is 5.56 Å². The largest absolute Gasteiger partial charge is 0.351 e. The first-order valence-corrected chi connectivity index (χ1v) is 5.70. The Bertz CT molecular complexity index is 374. The number of pyridine rings is 1. The molecule has 4 heteroatoms. The van der Waals surface area contributed by atoms with Crippen LogP contribution in [0.25, 0.3) is 0 Å². The molecule has 1 aliphatic rings. The summed E-state index contributed by atoms with van der Waals surface area (Å²) in [4.78, 5) is 15.8. The van der Waals surface area contributed by atoms with Gasteiger partial charge in [-0.1, -0.05) is 0 Å². The van der Waals surface area contributed by atoms with E-state index in [1.807, 2.05) is 6.92 Å². The van der Waals surface area contributed by atoms with Gasteiger partial charge in [0, 0.05) is 31.0 Å². The first kappa shape index (κ1) is 11.1. The average Bonchev–Trinajstić information content (AvgIpc) is 3.08. The number of nitrogens with one attached hydrogen (secondary N) is 2. The minimum atomic E-state index is -0.0387. The van der Waals surface area contributed by atoms with Crippen LogP contribution in [0.4, 0.5) is 0 Å². The predicted octanol–water partition coefficient (Wildman–Crippen LogP) is 0.872. The van der Waals surface area contributed by atoms with Crippen molar-refractivity contribution in [2.24, 2.45) is 0 Å². The van der Waals surface area contributed by atoms with Crippen LogP contribution < -0.4 is 10.6 Å². The van der Waals surface area contributed by atoms with Gasteiger partial charge < -0.3 is 10.6 Å². The highest BCUT2D eigenvalue weighted by atomic mass is 16.1. The van der Waals surface area contributed by atoms with E-state index < -0.39 is 0 Å². The zero-order valence-corrected chi connectivity index (χ0v) is 9.49. The van der Waals surface area contributed by atoms with Gasteiger partial charge in [0.1, 0.15) is 0 Å². The molecule has 0 unspecified atom stereocenters. The lowest BCUT2D eigenvalue weighted by atomic mass is 10.2. The Morgan fingerprint density at radius 2 is 2.31 bits per heavy atom. The Balaban J connectivity index is 1.76. The third kappa shape index (κ3) is 3.03. The molecule has 1 saturated carbocycles. The van der Waals surface area contributed by atoms with Crippen LogP contribution in [-0.4, -0.2) is 30.0 Å². The van der Waals surface area contributed by atoms with Gasteiger partial charge in [0.25, 0.3) is 5.91 Å². The van der Waals surface area contributed by atoms with E-state index in [1.54, 1.807) is 18.3 Å². The number of carbonyl (C=O) groups is 1. The quantitative estimate of drug-likeness (QED) is 0.723. The standard InChI is InChI=1S/C12H17N3O/c1-9-11(3-2-6-13-9)12(16)15-8-7-14-10-4-5-10/h2-3,6,10,14H,4-5,7-8H2,1H3,(H,15,16). The van der Waals surface area contributed by atoms with Crippen molar-refractivity contribution < 1.29 is 4.79 Å². The zero-order valence-electron chi connectivity index (χ0n) is 9.49. The van der Waals surface area contributed by atoms with Crippen LogP contribution in [-0.2, 0) is 0 Å². The Kier molecular flexibility index (Phi) is 3.51. The van der Waals surface area contributed by atoms with Gasteiger partial charge in [-0.2, -0.15) is 0 Å². The maximum absolute atomic E-state index is 11.7. The summed E-state index contributed by atoms with van der Waals surface area (Å²) in [6.45, 7) is 3.36. The Labute approximate surface area is 95.5 Å². The third-order valence-corrected chi connectivity index (χ3v) is 2.67. The second-order valence-corrected chi connectivity index (χ2v) is 4.12. The highest BCUT2D eigenvalue weighted by Gasteiger charge is 2.19. The number of hydrogen-bond donors (Lipinski definition) is 2. The lowest BCUT2D eigenvalue weighted by Crippen LogP contribution is -2.33. The molecule has 0 atom stereocenters. The van der Waals surface area contributed by atoms with Gasteiger partial charge in [-0.3, -0.25) is 9.78 Å². The predicted molar refractivity (Wildman–Crippen MR) is 62.3 cm³/mol. The Hall–Kier alpha value is -1.42. The molecule has 2 N–H and O–H groups in total. The van der Waals surface area contributed by atoms with E-state index in [1.165, 1.54) is 12.8 Å². The monoisotopic (exact) mass is 219 g/mol. The number of rotatable bonds is 5. The number of amides is 1. The van der Waals surface area contributed by atoms with E-state index in [9.17, 15) is 4.79 Å². The van der Waals surface area contributed by atoms with Gasteiger partial charge in [0.2, 0.25) is 0 Å². The van der Waals surface area contributed by atoms with Crippen molar-refractivity contribution in [3.8, 4) is 0 Å². The van der Waals surface area contributed by atoms with Crippen molar-refractivity contribution in [1.82, 2.24) is 15.6 Å². The van der Waals surface area contributed by atoms with Crippen LogP contribution in [0.15, 0.2) is 18.3 Å². The summed E-state index contributed by atoms with van der Waals surface area (Å²) in [6.07, 6.45) is 4.24. The maximum atomic E-state index is 11.7. The topological polar surface area (TPSA) is 54.0 Å². The molecule has 0 saturated heterocycles. The number of hydrogen-bond acceptors (Lipinski definition) is 3. The van der Waals surface area contributed by atoms with Gasteiger partial charge in [-0.05, 0) is 31.9 Å². The first-order valence-electron chi connectivity index (χ1n) is 5.70. The second kappa shape index (κ2) is 5.07. The minimum Gasteiger partial charge on any atom is -0.351 e. The minimum absolute atomic E-state index is 0.0387. The van der Waals surface area contributed by atoms with Crippen molar-refractivity contribution in [3.05, 3.63) is 29.6 Å². The van der Waals surface area contributed by atoms with Crippen LogP contribution in [0.3, 0.4) is 0 Å². The molecule has 0 spiro atoms. The number of aryl methyl sites for hydroxylation is 1. The van der Waals surface area contributed by atoms with Crippen molar-refractivity contribution in [2.75, 3.05) is 13.1 Å². The average molecular weight is 219 g/mol. The molecule has 0 bridgehead atoms. The summed E-state index contributed by atoms with van der Waals surface area (Å²) in [7, 11) is 0. The molecular weight excluding hydrogens is 202 g/mol. The lowest BCUT2D eigenvalue weighted by Gasteiger charge is -2.07. The van der Waals surface area contributed by atoms with E-state index in [4.69, 9.17) is 0 Å². The zero-order chi connectivity index (χ0) is 11.4. The first-order chi connectivity index (χ1) is 7.77. The normalized spacial score (nSPS) is 14.8. The smallest absolute Gasteiger partial charge is 0.253 e. The van der Waals surface area contributed by atoms with Crippen LogP contribution in [0.5, 0.6) is 0 Å². The lowest BCUT2D eigenvalue weighted by molar-refractivity contribution is 0.0953. The van der Waals surface area contributed by atoms with Crippen LogP contribution >= 0.6 is 0 Å². The number of aromatic nitrogens is 1.